The topological polar surface area (TPSA) is 79.3 Å². The summed E-state index contributed by atoms with van der Waals surface area (Å²) in [6.07, 6.45) is 2.79. The number of nitrogens with one attached hydrogen (secondary N) is 1. The number of anilines is 1. The lowest BCUT2D eigenvalue weighted by Crippen LogP contribution is -2.35. The van der Waals surface area contributed by atoms with Crippen LogP contribution in [0.1, 0.15) is 25.3 Å². The number of benzene rings is 1. The normalized spacial score (nSPS) is 21.0. The minimum Gasteiger partial charge on any atom is -0.481 e. The Morgan fingerprint density at radius 1 is 1.30 bits per heavy atom. The van der Waals surface area contributed by atoms with Gasteiger partial charge in [0.1, 0.15) is 0 Å². The molecule has 2 atom stereocenters. The van der Waals surface area contributed by atoms with Gasteiger partial charge in [-0.3, -0.25) is 9.59 Å². The fraction of sp³-hybridized carbons (Fsp3) is 0.353. The smallest absolute Gasteiger partial charge is 0.307 e. The molecular weight excluding hydrogens is 312 g/mol. The Morgan fingerprint density at radius 2 is 2.09 bits per heavy atom. The van der Waals surface area contributed by atoms with Crippen LogP contribution in [0.3, 0.4) is 0 Å². The number of rotatable bonds is 3. The highest BCUT2D eigenvalue weighted by Gasteiger charge is 2.35. The summed E-state index contributed by atoms with van der Waals surface area (Å²) >= 11 is 1.41. The molecule has 0 unspecified atom stereocenters. The fourth-order valence-corrected chi connectivity index (χ4v) is 3.90. The zero-order chi connectivity index (χ0) is 16.6. The van der Waals surface area contributed by atoms with E-state index in [2.05, 4.69) is 10.3 Å². The standard InChI is InChI=1S/C17H18N2O3S/c1-9-6-7-11(16(21)22)12(8-9)15(20)19-17-18-14-10(2)4-3-5-13(14)23-17/h3-6,11-12H,7-8H2,1-2H3,(H,21,22)(H,18,19,20)/t11-,12+/m0/s1. The first-order chi connectivity index (χ1) is 11.0. The maximum absolute atomic E-state index is 12.6. The number of aliphatic carboxylic acids is 1. The molecule has 1 heterocycles. The number of carbonyl (C=O) groups excluding carboxylic acids is 1. The predicted molar refractivity (Wildman–Crippen MR) is 90.6 cm³/mol. The van der Waals surface area contributed by atoms with Crippen LogP contribution >= 0.6 is 11.3 Å². The SMILES string of the molecule is CC1=CC[C@H](C(=O)O)[C@H](C(=O)Nc2nc3c(C)cccc3s2)C1. The highest BCUT2D eigenvalue weighted by atomic mass is 32.1. The lowest BCUT2D eigenvalue weighted by molar-refractivity contribution is -0.146. The van der Waals surface area contributed by atoms with Crippen molar-refractivity contribution < 1.29 is 14.7 Å². The van der Waals surface area contributed by atoms with Crippen LogP contribution in [0.4, 0.5) is 5.13 Å². The van der Waals surface area contributed by atoms with E-state index in [4.69, 9.17) is 0 Å². The molecule has 3 rings (SSSR count). The summed E-state index contributed by atoms with van der Waals surface area (Å²) < 4.78 is 1.01. The number of carbonyl (C=O) groups is 2. The number of aromatic nitrogens is 1. The van der Waals surface area contributed by atoms with Crippen LogP contribution in [0.2, 0.25) is 0 Å². The average Bonchev–Trinajstić information content (AvgIpc) is 2.90. The molecule has 0 spiro atoms. The summed E-state index contributed by atoms with van der Waals surface area (Å²) in [5, 5.41) is 12.7. The van der Waals surface area contributed by atoms with Crippen molar-refractivity contribution >= 4 is 38.6 Å². The predicted octanol–water partition coefficient (Wildman–Crippen LogP) is 3.60. The van der Waals surface area contributed by atoms with E-state index in [0.29, 0.717) is 18.0 Å². The van der Waals surface area contributed by atoms with Gasteiger partial charge in [0.05, 0.1) is 22.1 Å². The Morgan fingerprint density at radius 3 is 2.78 bits per heavy atom. The van der Waals surface area contributed by atoms with Crippen LogP contribution in [0.15, 0.2) is 29.8 Å². The highest BCUT2D eigenvalue weighted by Crippen LogP contribution is 2.33. The Kier molecular flexibility index (Phi) is 4.17. The molecule has 0 aliphatic heterocycles. The molecule has 2 N–H and O–H groups in total. The zero-order valence-electron chi connectivity index (χ0n) is 13.0. The van der Waals surface area contributed by atoms with Crippen molar-refractivity contribution in [3.05, 3.63) is 35.4 Å². The second-order valence-electron chi connectivity index (χ2n) is 5.97. The van der Waals surface area contributed by atoms with E-state index >= 15 is 0 Å². The van der Waals surface area contributed by atoms with E-state index in [-0.39, 0.29) is 5.91 Å². The van der Waals surface area contributed by atoms with Gasteiger partial charge in [0.25, 0.3) is 0 Å². The quantitative estimate of drug-likeness (QED) is 0.843. The Balaban J connectivity index is 1.83. The second kappa shape index (κ2) is 6.12. The lowest BCUT2D eigenvalue weighted by Gasteiger charge is -2.26. The summed E-state index contributed by atoms with van der Waals surface area (Å²) in [5.74, 6) is -2.41. The first-order valence-electron chi connectivity index (χ1n) is 7.51. The Bertz CT molecular complexity index is 809. The third-order valence-corrected chi connectivity index (χ3v) is 5.19. The number of allylic oxidation sites excluding steroid dienone is 2. The van der Waals surface area contributed by atoms with Crippen molar-refractivity contribution in [3.8, 4) is 0 Å². The maximum Gasteiger partial charge on any atom is 0.307 e. The molecule has 1 aliphatic carbocycles. The second-order valence-corrected chi connectivity index (χ2v) is 7.00. The molecule has 5 nitrogen and oxygen atoms in total. The van der Waals surface area contributed by atoms with E-state index < -0.39 is 17.8 Å². The number of nitrogens with zero attached hydrogens (tertiary/aromatic N) is 1. The number of carboxylic acids is 1. The van der Waals surface area contributed by atoms with Crippen molar-refractivity contribution in [2.24, 2.45) is 11.8 Å². The summed E-state index contributed by atoms with van der Waals surface area (Å²) in [6, 6.07) is 5.89. The minimum atomic E-state index is -0.922. The van der Waals surface area contributed by atoms with E-state index in [1.165, 1.54) is 11.3 Å². The molecule has 1 aromatic carbocycles. The molecule has 120 valence electrons. The van der Waals surface area contributed by atoms with Gasteiger partial charge in [0.2, 0.25) is 5.91 Å². The molecule has 1 aliphatic rings. The number of aryl methyl sites for hydroxylation is 1. The van der Waals surface area contributed by atoms with Gasteiger partial charge in [-0.2, -0.15) is 0 Å². The molecule has 0 bridgehead atoms. The monoisotopic (exact) mass is 330 g/mol. The minimum absolute atomic E-state index is 0.262. The van der Waals surface area contributed by atoms with Crippen molar-refractivity contribution in [1.82, 2.24) is 4.98 Å². The lowest BCUT2D eigenvalue weighted by atomic mass is 9.79. The maximum atomic E-state index is 12.6. The third-order valence-electron chi connectivity index (χ3n) is 4.25. The molecule has 0 saturated carbocycles. The molecule has 23 heavy (non-hydrogen) atoms. The number of hydrogen-bond acceptors (Lipinski definition) is 4. The Hall–Kier alpha value is -2.21. The zero-order valence-corrected chi connectivity index (χ0v) is 13.8. The fourth-order valence-electron chi connectivity index (χ4n) is 2.95. The first kappa shape index (κ1) is 15.7. The molecular formula is C17H18N2O3S. The van der Waals surface area contributed by atoms with Crippen LogP contribution < -0.4 is 5.32 Å². The molecule has 0 radical (unpaired) electrons. The number of amides is 1. The van der Waals surface area contributed by atoms with Crippen molar-refractivity contribution in [2.75, 3.05) is 5.32 Å². The van der Waals surface area contributed by atoms with Gasteiger partial charge in [0.15, 0.2) is 5.13 Å². The van der Waals surface area contributed by atoms with Crippen LogP contribution in [0.5, 0.6) is 0 Å². The summed E-state index contributed by atoms with van der Waals surface area (Å²) in [6.45, 7) is 3.91. The number of fused-ring (bicyclic) bond motifs is 1. The van der Waals surface area contributed by atoms with E-state index in [1.54, 1.807) is 0 Å². The summed E-state index contributed by atoms with van der Waals surface area (Å²) in [4.78, 5) is 28.4. The molecule has 0 fully saturated rings. The van der Waals surface area contributed by atoms with Gasteiger partial charge in [-0.25, -0.2) is 4.98 Å². The van der Waals surface area contributed by atoms with Gasteiger partial charge in [-0.05, 0) is 38.3 Å². The van der Waals surface area contributed by atoms with Crippen LogP contribution in [-0.4, -0.2) is 22.0 Å². The van der Waals surface area contributed by atoms with Gasteiger partial charge < -0.3 is 10.4 Å². The highest BCUT2D eigenvalue weighted by molar-refractivity contribution is 7.22. The molecule has 6 heteroatoms. The van der Waals surface area contributed by atoms with Gasteiger partial charge in [0, 0.05) is 0 Å². The molecule has 1 amide bonds. The van der Waals surface area contributed by atoms with E-state index in [0.717, 1.165) is 21.4 Å². The number of para-hydroxylation sites is 1. The average molecular weight is 330 g/mol. The van der Waals surface area contributed by atoms with Crippen LogP contribution in [0, 0.1) is 18.8 Å². The largest absolute Gasteiger partial charge is 0.481 e. The van der Waals surface area contributed by atoms with Crippen LogP contribution in [0.25, 0.3) is 10.2 Å². The van der Waals surface area contributed by atoms with Gasteiger partial charge in [-0.1, -0.05) is 35.1 Å². The number of hydrogen-bond donors (Lipinski definition) is 2. The van der Waals surface area contributed by atoms with Gasteiger partial charge in [-0.15, -0.1) is 0 Å². The number of thiazole rings is 1. The van der Waals surface area contributed by atoms with Crippen molar-refractivity contribution in [1.29, 1.82) is 0 Å². The van der Waals surface area contributed by atoms with Crippen LogP contribution in [-0.2, 0) is 9.59 Å². The van der Waals surface area contributed by atoms with Crippen molar-refractivity contribution in [3.63, 3.8) is 0 Å². The molecule has 0 saturated heterocycles. The summed E-state index contributed by atoms with van der Waals surface area (Å²) in [7, 11) is 0. The van der Waals surface area contributed by atoms with Crippen molar-refractivity contribution in [2.45, 2.75) is 26.7 Å². The Labute approximate surface area is 138 Å². The number of carboxylic acid groups (broad SMARTS) is 1. The summed E-state index contributed by atoms with van der Waals surface area (Å²) in [5.41, 5.74) is 2.99. The van der Waals surface area contributed by atoms with E-state index in [1.807, 2.05) is 38.1 Å². The molecule has 2 aromatic rings. The first-order valence-corrected chi connectivity index (χ1v) is 8.33. The van der Waals surface area contributed by atoms with E-state index in [9.17, 15) is 14.7 Å². The third kappa shape index (κ3) is 3.12. The van der Waals surface area contributed by atoms with Gasteiger partial charge >= 0.3 is 5.97 Å². The molecule has 1 aromatic heterocycles.